The van der Waals surface area contributed by atoms with E-state index in [2.05, 4.69) is 21.2 Å². The highest BCUT2D eigenvalue weighted by atomic mass is 79.9. The van der Waals surface area contributed by atoms with E-state index in [0.717, 1.165) is 20.6 Å². The average Bonchev–Trinajstić information content (AvgIpc) is 2.60. The lowest BCUT2D eigenvalue weighted by Crippen LogP contribution is -2.54. The van der Waals surface area contributed by atoms with Crippen LogP contribution in [0.1, 0.15) is 11.1 Å². The zero-order valence-corrected chi connectivity index (χ0v) is 16.7. The van der Waals surface area contributed by atoms with Crippen molar-refractivity contribution in [3.05, 3.63) is 63.6 Å². The van der Waals surface area contributed by atoms with E-state index in [-0.39, 0.29) is 5.57 Å². The number of nitrogens with one attached hydrogen (secondary N) is 1. The molecule has 2 aromatic rings. The first-order chi connectivity index (χ1) is 12.8. The van der Waals surface area contributed by atoms with Gasteiger partial charge in [0.05, 0.1) is 11.4 Å². The average molecular weight is 428 g/mol. The molecule has 4 amide bonds. The molecule has 1 heterocycles. The second-order valence-corrected chi connectivity index (χ2v) is 7.25. The van der Waals surface area contributed by atoms with Gasteiger partial charge in [-0.2, -0.15) is 0 Å². The van der Waals surface area contributed by atoms with E-state index in [4.69, 9.17) is 0 Å². The van der Waals surface area contributed by atoms with Crippen LogP contribution in [0.5, 0.6) is 0 Å². The van der Waals surface area contributed by atoms with Gasteiger partial charge in [-0.25, -0.2) is 9.69 Å². The Labute approximate surface area is 165 Å². The van der Waals surface area contributed by atoms with Crippen molar-refractivity contribution in [3.8, 4) is 0 Å². The fourth-order valence-electron chi connectivity index (χ4n) is 2.73. The van der Waals surface area contributed by atoms with Gasteiger partial charge in [-0.1, -0.05) is 23.8 Å². The lowest BCUT2D eigenvalue weighted by molar-refractivity contribution is -0.122. The van der Waals surface area contributed by atoms with Crippen LogP contribution in [0, 0.1) is 6.92 Å². The van der Waals surface area contributed by atoms with Crippen LogP contribution in [-0.4, -0.2) is 31.9 Å². The molecule has 0 spiro atoms. The minimum atomic E-state index is -0.755. The molecule has 1 fully saturated rings. The molecule has 0 unspecified atom stereocenters. The van der Waals surface area contributed by atoms with Crippen LogP contribution < -0.4 is 15.1 Å². The van der Waals surface area contributed by atoms with Crippen molar-refractivity contribution in [2.24, 2.45) is 0 Å². The Morgan fingerprint density at radius 3 is 2.30 bits per heavy atom. The van der Waals surface area contributed by atoms with Gasteiger partial charge < -0.3 is 4.90 Å². The van der Waals surface area contributed by atoms with Crippen molar-refractivity contribution >= 4 is 51.2 Å². The summed E-state index contributed by atoms with van der Waals surface area (Å²) in [5.74, 6) is -1.36. The molecule has 0 bridgehead atoms. The monoisotopic (exact) mass is 427 g/mol. The van der Waals surface area contributed by atoms with E-state index in [1.54, 1.807) is 30.3 Å². The Kier molecular flexibility index (Phi) is 5.14. The predicted molar refractivity (Wildman–Crippen MR) is 109 cm³/mol. The van der Waals surface area contributed by atoms with Gasteiger partial charge >= 0.3 is 6.03 Å². The van der Waals surface area contributed by atoms with E-state index in [1.165, 1.54) is 6.08 Å². The van der Waals surface area contributed by atoms with Crippen LogP contribution in [0.3, 0.4) is 0 Å². The number of benzene rings is 2. The second-order valence-electron chi connectivity index (χ2n) is 6.40. The molecular formula is C20H18BrN3O3. The lowest BCUT2D eigenvalue weighted by atomic mass is 10.1. The molecule has 1 aliphatic heterocycles. The highest BCUT2D eigenvalue weighted by molar-refractivity contribution is 9.10. The van der Waals surface area contributed by atoms with Crippen molar-refractivity contribution in [1.29, 1.82) is 0 Å². The zero-order valence-electron chi connectivity index (χ0n) is 15.1. The minimum absolute atomic E-state index is 0.0975. The first-order valence-electron chi connectivity index (χ1n) is 8.23. The Bertz CT molecular complexity index is 965. The fourth-order valence-corrected chi connectivity index (χ4v) is 3.48. The van der Waals surface area contributed by atoms with Crippen molar-refractivity contribution in [2.45, 2.75) is 6.92 Å². The van der Waals surface area contributed by atoms with Gasteiger partial charge in [0.2, 0.25) is 0 Å². The summed E-state index contributed by atoms with van der Waals surface area (Å²) in [4.78, 5) is 40.2. The third kappa shape index (κ3) is 3.78. The number of nitrogens with zero attached hydrogens (tertiary/aromatic N) is 2. The van der Waals surface area contributed by atoms with Gasteiger partial charge in [-0.15, -0.1) is 0 Å². The van der Waals surface area contributed by atoms with Crippen LogP contribution in [-0.2, 0) is 9.59 Å². The number of amides is 4. The quantitative estimate of drug-likeness (QED) is 0.601. The molecule has 1 aliphatic rings. The Morgan fingerprint density at radius 1 is 1.04 bits per heavy atom. The van der Waals surface area contributed by atoms with Crippen LogP contribution in [0.4, 0.5) is 16.2 Å². The molecule has 6 nitrogen and oxygen atoms in total. The molecule has 0 atom stereocenters. The second kappa shape index (κ2) is 7.36. The Hall–Kier alpha value is -2.93. The maximum Gasteiger partial charge on any atom is 0.335 e. The topological polar surface area (TPSA) is 69.7 Å². The number of hydrogen-bond donors (Lipinski definition) is 1. The van der Waals surface area contributed by atoms with Crippen molar-refractivity contribution in [2.75, 3.05) is 23.9 Å². The van der Waals surface area contributed by atoms with E-state index < -0.39 is 17.8 Å². The molecule has 0 radical (unpaired) electrons. The van der Waals surface area contributed by atoms with Gasteiger partial charge in [0.1, 0.15) is 5.57 Å². The number of carbonyl (C=O) groups is 3. The third-order valence-electron chi connectivity index (χ3n) is 4.16. The number of urea groups is 1. The lowest BCUT2D eigenvalue weighted by Gasteiger charge is -2.26. The number of halogens is 1. The summed E-state index contributed by atoms with van der Waals surface area (Å²) < 4.78 is 0.831. The molecule has 0 saturated carbocycles. The molecule has 7 heteroatoms. The predicted octanol–water partition coefficient (Wildman–Crippen LogP) is 3.49. The molecule has 27 heavy (non-hydrogen) atoms. The molecule has 3 rings (SSSR count). The van der Waals surface area contributed by atoms with E-state index in [9.17, 15) is 14.4 Å². The normalized spacial score (nSPS) is 15.9. The zero-order chi connectivity index (χ0) is 19.7. The standard InChI is InChI=1S/C20H18BrN3O3/c1-12-4-7-14(8-5-12)24-19(26)15(18(25)22-20(24)27)10-13-6-9-17(23(2)3)16(21)11-13/h4-11H,1-3H3,(H,22,25,27). The van der Waals surface area contributed by atoms with E-state index in [0.29, 0.717) is 11.3 Å². The molecular weight excluding hydrogens is 410 g/mol. The van der Waals surface area contributed by atoms with Crippen molar-refractivity contribution < 1.29 is 14.4 Å². The summed E-state index contributed by atoms with van der Waals surface area (Å²) in [7, 11) is 3.84. The number of barbiturate groups is 1. The summed E-state index contributed by atoms with van der Waals surface area (Å²) in [5.41, 5.74) is 2.95. The number of aryl methyl sites for hydroxylation is 1. The van der Waals surface area contributed by atoms with Gasteiger partial charge in [0, 0.05) is 18.6 Å². The number of imide groups is 2. The molecule has 0 aromatic heterocycles. The summed E-state index contributed by atoms with van der Waals surface area (Å²) in [6, 6.07) is 11.7. The molecule has 2 aromatic carbocycles. The molecule has 1 saturated heterocycles. The number of anilines is 2. The van der Waals surface area contributed by atoms with Crippen molar-refractivity contribution in [1.82, 2.24) is 5.32 Å². The van der Waals surface area contributed by atoms with Gasteiger partial charge in [0.25, 0.3) is 11.8 Å². The summed E-state index contributed by atoms with van der Waals surface area (Å²) in [6.45, 7) is 1.91. The van der Waals surface area contributed by atoms with Crippen LogP contribution in [0.15, 0.2) is 52.5 Å². The van der Waals surface area contributed by atoms with Crippen LogP contribution >= 0.6 is 15.9 Å². The maximum absolute atomic E-state index is 12.9. The first-order valence-corrected chi connectivity index (χ1v) is 9.02. The smallest absolute Gasteiger partial charge is 0.335 e. The Morgan fingerprint density at radius 2 is 1.70 bits per heavy atom. The summed E-state index contributed by atoms with van der Waals surface area (Å²) in [5, 5.41) is 2.23. The number of hydrogen-bond acceptors (Lipinski definition) is 4. The highest BCUT2D eigenvalue weighted by Crippen LogP contribution is 2.28. The number of carbonyl (C=O) groups excluding carboxylic acids is 3. The number of rotatable bonds is 3. The van der Waals surface area contributed by atoms with Gasteiger partial charge in [0.15, 0.2) is 0 Å². The van der Waals surface area contributed by atoms with Crippen LogP contribution in [0.25, 0.3) is 6.08 Å². The molecule has 138 valence electrons. The van der Waals surface area contributed by atoms with Crippen LogP contribution in [0.2, 0.25) is 0 Å². The third-order valence-corrected chi connectivity index (χ3v) is 4.79. The van der Waals surface area contributed by atoms with Gasteiger partial charge in [-0.3, -0.25) is 14.9 Å². The van der Waals surface area contributed by atoms with Gasteiger partial charge in [-0.05, 0) is 58.8 Å². The fraction of sp³-hybridized carbons (Fsp3) is 0.150. The summed E-state index contributed by atoms with van der Waals surface area (Å²) >= 11 is 3.49. The van der Waals surface area contributed by atoms with E-state index >= 15 is 0 Å². The maximum atomic E-state index is 12.9. The van der Waals surface area contributed by atoms with E-state index in [1.807, 2.05) is 38.1 Å². The molecule has 0 aliphatic carbocycles. The largest absolute Gasteiger partial charge is 0.377 e. The highest BCUT2D eigenvalue weighted by Gasteiger charge is 2.36. The SMILES string of the molecule is Cc1ccc(N2C(=O)NC(=O)C(=Cc3ccc(N(C)C)c(Br)c3)C2=O)cc1. The first kappa shape index (κ1) is 18.8. The van der Waals surface area contributed by atoms with Crippen molar-refractivity contribution in [3.63, 3.8) is 0 Å². The summed E-state index contributed by atoms with van der Waals surface area (Å²) in [6.07, 6.45) is 1.48. The minimum Gasteiger partial charge on any atom is -0.377 e. The molecule has 1 N–H and O–H groups in total. The Balaban J connectivity index is 1.99.